The molecule has 0 spiro atoms. The number of aromatic nitrogens is 2. The topological polar surface area (TPSA) is 43.3 Å². The molecule has 3 heteroatoms. The molecule has 0 bridgehead atoms. The first-order chi connectivity index (χ1) is 7.99. The van der Waals surface area contributed by atoms with Crippen molar-refractivity contribution in [2.45, 2.75) is 40.0 Å². The summed E-state index contributed by atoms with van der Waals surface area (Å²) in [4.78, 5) is 4.72. The molecule has 2 aromatic heterocycles. The van der Waals surface area contributed by atoms with Crippen LogP contribution < -0.4 is 5.73 Å². The minimum Gasteiger partial charge on any atom is -0.398 e. The molecule has 2 N–H and O–H groups in total. The molecular formula is C14H21N3. The average Bonchev–Trinajstić information content (AvgIpc) is 2.53. The predicted molar refractivity (Wildman–Crippen MR) is 72.2 cm³/mol. The molecule has 0 atom stereocenters. The Morgan fingerprint density at radius 2 is 1.94 bits per heavy atom. The van der Waals surface area contributed by atoms with Gasteiger partial charge in [0.15, 0.2) is 0 Å². The lowest BCUT2D eigenvalue weighted by molar-refractivity contribution is 0.626. The summed E-state index contributed by atoms with van der Waals surface area (Å²) in [5.41, 5.74) is 10.1. The Bertz CT molecular complexity index is 523. The number of nitrogens with zero attached hydrogens (tertiary/aromatic N) is 2. The van der Waals surface area contributed by atoms with E-state index in [1.54, 1.807) is 0 Å². The number of imidazole rings is 1. The molecule has 2 heterocycles. The minimum atomic E-state index is 0.459. The van der Waals surface area contributed by atoms with Crippen LogP contribution in [0.4, 0.5) is 5.69 Å². The van der Waals surface area contributed by atoms with Crippen molar-refractivity contribution in [3.63, 3.8) is 0 Å². The van der Waals surface area contributed by atoms with Crippen LogP contribution in [0.25, 0.3) is 5.65 Å². The van der Waals surface area contributed by atoms with E-state index in [-0.39, 0.29) is 0 Å². The van der Waals surface area contributed by atoms with Crippen molar-refractivity contribution in [2.75, 3.05) is 5.73 Å². The van der Waals surface area contributed by atoms with E-state index in [4.69, 9.17) is 10.7 Å². The molecule has 0 radical (unpaired) electrons. The molecule has 92 valence electrons. The molecule has 2 rings (SSSR count). The van der Waals surface area contributed by atoms with E-state index in [1.807, 2.05) is 18.3 Å². The van der Waals surface area contributed by atoms with Crippen molar-refractivity contribution in [1.29, 1.82) is 0 Å². The summed E-state index contributed by atoms with van der Waals surface area (Å²) in [6.45, 7) is 8.86. The SMILES string of the molecule is CC(C)Cc1nc2ccc(N)cn2c1C(C)C. The Kier molecular flexibility index (Phi) is 3.09. The van der Waals surface area contributed by atoms with Gasteiger partial charge in [-0.25, -0.2) is 4.98 Å². The Morgan fingerprint density at radius 3 is 2.53 bits per heavy atom. The summed E-state index contributed by atoms with van der Waals surface area (Å²) in [6, 6.07) is 3.90. The standard InChI is InChI=1S/C14H21N3/c1-9(2)7-12-14(10(3)4)17-8-11(15)5-6-13(17)16-12/h5-6,8-10H,7,15H2,1-4H3. The summed E-state index contributed by atoms with van der Waals surface area (Å²) in [5, 5.41) is 0. The average molecular weight is 231 g/mol. The maximum absolute atomic E-state index is 5.85. The smallest absolute Gasteiger partial charge is 0.137 e. The molecule has 0 aliphatic rings. The highest BCUT2D eigenvalue weighted by atomic mass is 15.0. The highest BCUT2D eigenvalue weighted by Gasteiger charge is 2.15. The van der Waals surface area contributed by atoms with Crippen molar-refractivity contribution in [3.05, 3.63) is 29.7 Å². The Morgan fingerprint density at radius 1 is 1.24 bits per heavy atom. The molecule has 0 amide bonds. The summed E-state index contributed by atoms with van der Waals surface area (Å²) in [5.74, 6) is 1.08. The molecular weight excluding hydrogens is 210 g/mol. The number of anilines is 1. The molecule has 0 saturated heterocycles. The van der Waals surface area contributed by atoms with Crippen LogP contribution >= 0.6 is 0 Å². The zero-order chi connectivity index (χ0) is 12.6. The van der Waals surface area contributed by atoms with Crippen LogP contribution in [0.3, 0.4) is 0 Å². The molecule has 0 aliphatic carbocycles. The molecule has 0 aliphatic heterocycles. The van der Waals surface area contributed by atoms with E-state index in [0.29, 0.717) is 11.8 Å². The molecule has 17 heavy (non-hydrogen) atoms. The fourth-order valence-corrected chi connectivity index (χ4v) is 2.28. The molecule has 0 saturated carbocycles. The van der Waals surface area contributed by atoms with Gasteiger partial charge in [-0.15, -0.1) is 0 Å². The van der Waals surface area contributed by atoms with Crippen LogP contribution in [0.2, 0.25) is 0 Å². The van der Waals surface area contributed by atoms with Crippen molar-refractivity contribution < 1.29 is 0 Å². The third-order valence-electron chi connectivity index (χ3n) is 2.90. The first kappa shape index (κ1) is 12.0. The lowest BCUT2D eigenvalue weighted by Crippen LogP contribution is -2.03. The van der Waals surface area contributed by atoms with Crippen LogP contribution in [-0.2, 0) is 6.42 Å². The number of hydrogen-bond donors (Lipinski definition) is 1. The zero-order valence-corrected chi connectivity index (χ0v) is 11.1. The molecule has 0 fully saturated rings. The summed E-state index contributed by atoms with van der Waals surface area (Å²) >= 11 is 0. The van der Waals surface area contributed by atoms with Crippen molar-refractivity contribution in [2.24, 2.45) is 5.92 Å². The highest BCUT2D eigenvalue weighted by molar-refractivity contribution is 5.50. The van der Waals surface area contributed by atoms with Gasteiger partial charge in [-0.3, -0.25) is 0 Å². The van der Waals surface area contributed by atoms with Crippen molar-refractivity contribution in [3.8, 4) is 0 Å². The van der Waals surface area contributed by atoms with Gasteiger partial charge in [0.25, 0.3) is 0 Å². The van der Waals surface area contributed by atoms with Gasteiger partial charge in [0.1, 0.15) is 5.65 Å². The van der Waals surface area contributed by atoms with Crippen LogP contribution in [0.5, 0.6) is 0 Å². The second-order valence-electron chi connectivity index (χ2n) is 5.39. The largest absolute Gasteiger partial charge is 0.398 e. The fraction of sp³-hybridized carbons (Fsp3) is 0.500. The van der Waals surface area contributed by atoms with Crippen LogP contribution in [0, 0.1) is 5.92 Å². The lowest BCUT2D eigenvalue weighted by atomic mass is 10.0. The van der Waals surface area contributed by atoms with Gasteiger partial charge in [0, 0.05) is 17.6 Å². The normalized spacial score (nSPS) is 11.9. The van der Waals surface area contributed by atoms with Crippen molar-refractivity contribution in [1.82, 2.24) is 9.38 Å². The van der Waals surface area contributed by atoms with E-state index in [1.165, 1.54) is 11.4 Å². The first-order valence-electron chi connectivity index (χ1n) is 6.25. The molecule has 0 aromatic carbocycles. The summed E-state index contributed by atoms with van der Waals surface area (Å²) in [7, 11) is 0. The monoisotopic (exact) mass is 231 g/mol. The number of hydrogen-bond acceptors (Lipinski definition) is 2. The lowest BCUT2D eigenvalue weighted by Gasteiger charge is -2.10. The van der Waals surface area contributed by atoms with E-state index < -0.39 is 0 Å². The number of pyridine rings is 1. The van der Waals surface area contributed by atoms with Crippen LogP contribution in [0.15, 0.2) is 18.3 Å². The number of nitrogens with two attached hydrogens (primary N) is 1. The summed E-state index contributed by atoms with van der Waals surface area (Å²) < 4.78 is 2.14. The third-order valence-corrected chi connectivity index (χ3v) is 2.90. The second kappa shape index (κ2) is 4.40. The van der Waals surface area contributed by atoms with E-state index in [9.17, 15) is 0 Å². The first-order valence-corrected chi connectivity index (χ1v) is 6.25. The maximum atomic E-state index is 5.85. The van der Waals surface area contributed by atoms with Gasteiger partial charge in [-0.2, -0.15) is 0 Å². The van der Waals surface area contributed by atoms with Gasteiger partial charge in [0.2, 0.25) is 0 Å². The maximum Gasteiger partial charge on any atom is 0.137 e. The number of nitrogen functional groups attached to an aromatic ring is 1. The third kappa shape index (κ3) is 2.28. The Hall–Kier alpha value is -1.51. The highest BCUT2D eigenvalue weighted by Crippen LogP contribution is 2.24. The quantitative estimate of drug-likeness (QED) is 0.881. The second-order valence-corrected chi connectivity index (χ2v) is 5.39. The number of rotatable bonds is 3. The van der Waals surface area contributed by atoms with Gasteiger partial charge >= 0.3 is 0 Å². The molecule has 0 unspecified atom stereocenters. The van der Waals surface area contributed by atoms with Gasteiger partial charge in [-0.05, 0) is 30.4 Å². The Balaban J connectivity index is 2.63. The zero-order valence-electron chi connectivity index (χ0n) is 11.1. The summed E-state index contributed by atoms with van der Waals surface area (Å²) in [6.07, 6.45) is 3.00. The fourth-order valence-electron chi connectivity index (χ4n) is 2.28. The predicted octanol–water partition coefficient (Wildman–Crippen LogP) is 3.24. The van der Waals surface area contributed by atoms with E-state index in [2.05, 4.69) is 32.1 Å². The van der Waals surface area contributed by atoms with E-state index >= 15 is 0 Å². The minimum absolute atomic E-state index is 0.459. The van der Waals surface area contributed by atoms with Crippen LogP contribution in [0.1, 0.15) is 45.0 Å². The van der Waals surface area contributed by atoms with Crippen molar-refractivity contribution >= 4 is 11.3 Å². The van der Waals surface area contributed by atoms with Crippen LogP contribution in [-0.4, -0.2) is 9.38 Å². The number of fused-ring (bicyclic) bond motifs is 1. The van der Waals surface area contributed by atoms with Gasteiger partial charge in [-0.1, -0.05) is 27.7 Å². The molecule has 3 nitrogen and oxygen atoms in total. The van der Waals surface area contributed by atoms with Gasteiger partial charge in [0.05, 0.1) is 5.69 Å². The molecule has 2 aromatic rings. The Labute approximate surface area is 103 Å². The van der Waals surface area contributed by atoms with Gasteiger partial charge < -0.3 is 10.1 Å². The van der Waals surface area contributed by atoms with E-state index in [0.717, 1.165) is 17.8 Å².